The number of halogens is 1. The number of rotatable bonds is 7. The fourth-order valence-electron chi connectivity index (χ4n) is 2.86. The van der Waals surface area contributed by atoms with Crippen molar-refractivity contribution < 1.29 is 17.9 Å². The van der Waals surface area contributed by atoms with Crippen LogP contribution in [0.2, 0.25) is 5.02 Å². The zero-order chi connectivity index (χ0) is 22.7. The van der Waals surface area contributed by atoms with Crippen molar-refractivity contribution in [1.82, 2.24) is 10.4 Å². The number of sulfonamides is 1. The molecule has 4 aromatic rings. The van der Waals surface area contributed by atoms with Gasteiger partial charge in [-0.25, -0.2) is 13.4 Å². The van der Waals surface area contributed by atoms with Gasteiger partial charge in [-0.15, -0.1) is 0 Å². The third-order valence-corrected chi connectivity index (χ3v) is 7.24. The second-order valence-corrected chi connectivity index (χ2v) is 9.61. The number of nitrogens with zero attached hydrogens (tertiary/aromatic N) is 1. The van der Waals surface area contributed by atoms with Gasteiger partial charge in [0.15, 0.2) is 0 Å². The molecule has 0 spiro atoms. The maximum absolute atomic E-state index is 12.5. The Balaban J connectivity index is 1.42. The summed E-state index contributed by atoms with van der Waals surface area (Å²) in [6.45, 7) is 0. The second-order valence-electron chi connectivity index (χ2n) is 6.52. The van der Waals surface area contributed by atoms with Crippen molar-refractivity contribution in [3.8, 4) is 5.75 Å². The fraction of sp³-hybridized carbons (Fsp3) is 0.0476. The standard InChI is InChI=1S/C21H17ClN4O4S2/c1-30-17-12-11-16(22)19-18(17)23-21(31-19)25-24-20(27)13-7-9-14(10-8-13)26-32(28,29)15-5-3-2-4-6-15/h2-12,26H,1H3,(H,23,25)(H,24,27). The predicted molar refractivity (Wildman–Crippen MR) is 126 cm³/mol. The summed E-state index contributed by atoms with van der Waals surface area (Å²) in [7, 11) is -2.16. The van der Waals surface area contributed by atoms with Crippen LogP contribution in [0.5, 0.6) is 5.75 Å². The Kier molecular flexibility index (Phi) is 6.17. The Bertz CT molecular complexity index is 1370. The summed E-state index contributed by atoms with van der Waals surface area (Å²) in [6, 6.07) is 17.5. The van der Waals surface area contributed by atoms with E-state index < -0.39 is 15.9 Å². The summed E-state index contributed by atoms with van der Waals surface area (Å²) in [5.74, 6) is 0.161. The lowest BCUT2D eigenvalue weighted by Crippen LogP contribution is -2.29. The Morgan fingerprint density at radius 2 is 1.75 bits per heavy atom. The predicted octanol–water partition coefficient (Wildman–Crippen LogP) is 4.52. The number of carbonyl (C=O) groups excluding carboxylic acids is 1. The molecule has 164 valence electrons. The van der Waals surface area contributed by atoms with Crippen LogP contribution in [0.25, 0.3) is 10.2 Å². The van der Waals surface area contributed by atoms with Crippen molar-refractivity contribution >= 4 is 59.9 Å². The molecule has 1 aromatic heterocycles. The summed E-state index contributed by atoms with van der Waals surface area (Å²) in [4.78, 5) is 17.0. The first kappa shape index (κ1) is 21.9. The van der Waals surface area contributed by atoms with Gasteiger partial charge in [0, 0.05) is 11.3 Å². The van der Waals surface area contributed by atoms with Gasteiger partial charge in [-0.2, -0.15) is 0 Å². The number of hydrazine groups is 1. The number of anilines is 2. The Hall–Kier alpha value is -3.34. The van der Waals surface area contributed by atoms with E-state index in [1.165, 1.54) is 47.7 Å². The molecule has 0 atom stereocenters. The summed E-state index contributed by atoms with van der Waals surface area (Å²) in [5.41, 5.74) is 6.59. The van der Waals surface area contributed by atoms with E-state index in [0.29, 0.717) is 32.7 Å². The first-order valence-electron chi connectivity index (χ1n) is 9.25. The number of aromatic nitrogens is 1. The largest absolute Gasteiger partial charge is 0.494 e. The molecule has 11 heteroatoms. The maximum atomic E-state index is 12.5. The molecular weight excluding hydrogens is 472 g/mol. The number of thiazole rings is 1. The number of hydrogen-bond acceptors (Lipinski definition) is 7. The van der Waals surface area contributed by atoms with Crippen LogP contribution < -0.4 is 20.3 Å². The number of nitrogens with one attached hydrogen (secondary N) is 3. The molecule has 0 saturated heterocycles. The topological polar surface area (TPSA) is 109 Å². The molecule has 0 aliphatic rings. The molecule has 0 aliphatic heterocycles. The molecule has 0 fully saturated rings. The molecule has 32 heavy (non-hydrogen) atoms. The van der Waals surface area contributed by atoms with Crippen molar-refractivity contribution in [2.45, 2.75) is 4.90 Å². The van der Waals surface area contributed by atoms with E-state index >= 15 is 0 Å². The van der Waals surface area contributed by atoms with Crippen LogP contribution in [0.3, 0.4) is 0 Å². The number of hydrogen-bond donors (Lipinski definition) is 3. The van der Waals surface area contributed by atoms with Gasteiger partial charge in [0.2, 0.25) is 5.13 Å². The molecule has 8 nitrogen and oxygen atoms in total. The number of ether oxygens (including phenoxy) is 1. The summed E-state index contributed by atoms with van der Waals surface area (Å²) >= 11 is 7.48. The van der Waals surface area contributed by atoms with Crippen LogP contribution in [0.1, 0.15) is 10.4 Å². The molecule has 1 amide bonds. The Morgan fingerprint density at radius 3 is 2.44 bits per heavy atom. The van der Waals surface area contributed by atoms with Gasteiger partial charge in [-0.3, -0.25) is 20.4 Å². The Morgan fingerprint density at radius 1 is 1.03 bits per heavy atom. The monoisotopic (exact) mass is 488 g/mol. The minimum atomic E-state index is -3.71. The molecular formula is C21H17ClN4O4S2. The third-order valence-electron chi connectivity index (χ3n) is 4.41. The highest BCUT2D eigenvalue weighted by Crippen LogP contribution is 2.37. The lowest BCUT2D eigenvalue weighted by atomic mass is 10.2. The van der Waals surface area contributed by atoms with E-state index in [2.05, 4.69) is 20.6 Å². The van der Waals surface area contributed by atoms with Gasteiger partial charge in [-0.1, -0.05) is 41.1 Å². The quantitative estimate of drug-likeness (QED) is 0.330. The smallest absolute Gasteiger partial charge is 0.269 e. The maximum Gasteiger partial charge on any atom is 0.269 e. The van der Waals surface area contributed by atoms with E-state index in [0.717, 1.165) is 4.70 Å². The molecule has 0 aliphatic carbocycles. The van der Waals surface area contributed by atoms with Crippen molar-refractivity contribution in [2.24, 2.45) is 0 Å². The number of carbonyl (C=O) groups is 1. The van der Waals surface area contributed by atoms with E-state index in [1.54, 1.807) is 37.4 Å². The lowest BCUT2D eigenvalue weighted by molar-refractivity contribution is 0.0962. The van der Waals surface area contributed by atoms with Crippen LogP contribution in [-0.4, -0.2) is 26.4 Å². The summed E-state index contributed by atoms with van der Waals surface area (Å²) in [5, 5.41) is 0.971. The molecule has 1 heterocycles. The second kappa shape index (κ2) is 9.03. The SMILES string of the molecule is COc1ccc(Cl)c2sc(NNC(=O)c3ccc(NS(=O)(=O)c4ccccc4)cc3)nc12. The van der Waals surface area contributed by atoms with Crippen molar-refractivity contribution in [2.75, 3.05) is 17.3 Å². The molecule has 0 bridgehead atoms. The van der Waals surface area contributed by atoms with Crippen LogP contribution >= 0.6 is 22.9 Å². The van der Waals surface area contributed by atoms with Crippen molar-refractivity contribution in [3.05, 3.63) is 77.3 Å². The van der Waals surface area contributed by atoms with Gasteiger partial charge in [0.05, 0.1) is 21.7 Å². The van der Waals surface area contributed by atoms with E-state index in [9.17, 15) is 13.2 Å². The zero-order valence-corrected chi connectivity index (χ0v) is 19.0. The molecule has 0 radical (unpaired) electrons. The van der Waals surface area contributed by atoms with Gasteiger partial charge in [-0.05, 0) is 48.5 Å². The average Bonchev–Trinajstić information content (AvgIpc) is 3.24. The average molecular weight is 489 g/mol. The minimum absolute atomic E-state index is 0.151. The highest BCUT2D eigenvalue weighted by atomic mass is 35.5. The van der Waals surface area contributed by atoms with E-state index in [4.69, 9.17) is 16.3 Å². The number of amides is 1. The highest BCUT2D eigenvalue weighted by molar-refractivity contribution is 7.92. The fourth-order valence-corrected chi connectivity index (χ4v) is 5.05. The van der Waals surface area contributed by atoms with Crippen LogP contribution in [0, 0.1) is 0 Å². The van der Waals surface area contributed by atoms with Gasteiger partial charge < -0.3 is 4.74 Å². The van der Waals surface area contributed by atoms with Crippen LogP contribution in [-0.2, 0) is 10.0 Å². The van der Waals surface area contributed by atoms with Crippen molar-refractivity contribution in [1.29, 1.82) is 0 Å². The molecule has 3 aromatic carbocycles. The van der Waals surface area contributed by atoms with Gasteiger partial charge in [0.25, 0.3) is 15.9 Å². The summed E-state index contributed by atoms with van der Waals surface area (Å²) < 4.78 is 33.3. The summed E-state index contributed by atoms with van der Waals surface area (Å²) in [6.07, 6.45) is 0. The number of benzene rings is 3. The number of fused-ring (bicyclic) bond motifs is 1. The molecule has 0 unspecified atom stereocenters. The van der Waals surface area contributed by atoms with Crippen LogP contribution in [0.15, 0.2) is 71.6 Å². The normalized spacial score (nSPS) is 11.2. The Labute approximate surface area is 193 Å². The molecule has 0 saturated carbocycles. The van der Waals surface area contributed by atoms with Gasteiger partial charge in [0.1, 0.15) is 11.3 Å². The zero-order valence-electron chi connectivity index (χ0n) is 16.6. The molecule has 4 rings (SSSR count). The third kappa shape index (κ3) is 4.62. The number of methoxy groups -OCH3 is 1. The van der Waals surface area contributed by atoms with E-state index in [1.807, 2.05) is 0 Å². The first-order chi connectivity index (χ1) is 15.4. The molecule has 3 N–H and O–H groups in total. The highest BCUT2D eigenvalue weighted by Gasteiger charge is 2.15. The van der Waals surface area contributed by atoms with Crippen molar-refractivity contribution in [3.63, 3.8) is 0 Å². The lowest BCUT2D eigenvalue weighted by Gasteiger charge is -2.09. The van der Waals surface area contributed by atoms with E-state index in [-0.39, 0.29) is 4.90 Å². The first-order valence-corrected chi connectivity index (χ1v) is 11.9. The van der Waals surface area contributed by atoms with Crippen LogP contribution in [0.4, 0.5) is 10.8 Å². The van der Waals surface area contributed by atoms with Gasteiger partial charge >= 0.3 is 0 Å². The minimum Gasteiger partial charge on any atom is -0.494 e.